The molecule has 90 valence electrons. The smallest absolute Gasteiger partial charge is 0.147 e. The molecule has 2 atom stereocenters. The van der Waals surface area contributed by atoms with Crippen molar-refractivity contribution < 1.29 is 13.2 Å². The highest BCUT2D eigenvalue weighted by Gasteiger charge is 2.40. The van der Waals surface area contributed by atoms with Crippen molar-refractivity contribution in [2.45, 2.75) is 32.3 Å². The first-order valence-electron chi connectivity index (χ1n) is 5.25. The molecule has 2 unspecified atom stereocenters. The van der Waals surface area contributed by atoms with Gasteiger partial charge in [0.1, 0.15) is 9.84 Å². The summed E-state index contributed by atoms with van der Waals surface area (Å²) in [7, 11) is -2.85. The van der Waals surface area contributed by atoms with E-state index in [-0.39, 0.29) is 17.3 Å². The lowest BCUT2D eigenvalue weighted by Gasteiger charge is -2.29. The van der Waals surface area contributed by atoms with Crippen LogP contribution in [0.15, 0.2) is 0 Å². The summed E-state index contributed by atoms with van der Waals surface area (Å²) in [5, 5.41) is 0. The van der Waals surface area contributed by atoms with E-state index < -0.39 is 9.84 Å². The number of rotatable bonds is 5. The van der Waals surface area contributed by atoms with Gasteiger partial charge in [-0.3, -0.25) is 0 Å². The molecule has 3 nitrogen and oxygen atoms in total. The topological polar surface area (TPSA) is 43.4 Å². The lowest BCUT2D eigenvalue weighted by Crippen LogP contribution is -2.31. The molecule has 1 aliphatic heterocycles. The van der Waals surface area contributed by atoms with Crippen LogP contribution >= 0.6 is 11.6 Å². The molecular weight excluding hydrogens is 236 g/mol. The molecule has 1 heterocycles. The number of sulfone groups is 1. The van der Waals surface area contributed by atoms with Crippen LogP contribution in [0, 0.1) is 5.41 Å². The molecule has 0 N–H and O–H groups in total. The molecule has 0 spiro atoms. The van der Waals surface area contributed by atoms with E-state index in [1.54, 1.807) is 0 Å². The second kappa shape index (κ2) is 5.02. The molecule has 1 aliphatic rings. The highest BCUT2D eigenvalue weighted by molar-refractivity contribution is 7.90. The van der Waals surface area contributed by atoms with Crippen molar-refractivity contribution in [1.82, 2.24) is 0 Å². The third-order valence-corrected chi connectivity index (χ3v) is 4.85. The van der Waals surface area contributed by atoms with Gasteiger partial charge in [-0.05, 0) is 26.2 Å². The van der Waals surface area contributed by atoms with Crippen molar-refractivity contribution >= 4 is 21.4 Å². The van der Waals surface area contributed by atoms with Crippen LogP contribution in [0.5, 0.6) is 0 Å². The molecule has 0 saturated carbocycles. The molecule has 1 saturated heterocycles. The molecule has 0 bridgehead atoms. The second-order valence-corrected chi connectivity index (χ2v) is 7.02. The first-order valence-corrected chi connectivity index (χ1v) is 7.84. The summed E-state index contributed by atoms with van der Waals surface area (Å²) < 4.78 is 27.5. The van der Waals surface area contributed by atoms with Crippen LogP contribution in [0.2, 0.25) is 0 Å². The van der Waals surface area contributed by atoms with Crippen molar-refractivity contribution in [2.75, 3.05) is 24.5 Å². The van der Waals surface area contributed by atoms with Gasteiger partial charge in [-0.15, -0.1) is 11.6 Å². The van der Waals surface area contributed by atoms with E-state index in [1.807, 2.05) is 6.92 Å². The normalized spacial score (nSPS) is 32.1. The lowest BCUT2D eigenvalue weighted by molar-refractivity contribution is 0.0693. The molecule has 0 aromatic rings. The van der Waals surface area contributed by atoms with Gasteiger partial charge in [0, 0.05) is 29.9 Å². The summed E-state index contributed by atoms with van der Waals surface area (Å²) in [5.74, 6) is 0.802. The van der Waals surface area contributed by atoms with Crippen LogP contribution in [-0.2, 0) is 14.6 Å². The molecule has 5 heteroatoms. The van der Waals surface area contributed by atoms with Gasteiger partial charge in [-0.1, -0.05) is 0 Å². The Morgan fingerprint density at radius 2 is 2.20 bits per heavy atom. The number of hydrogen-bond acceptors (Lipinski definition) is 3. The second-order valence-electron chi connectivity index (χ2n) is 4.49. The van der Waals surface area contributed by atoms with Gasteiger partial charge in [-0.25, -0.2) is 8.42 Å². The first kappa shape index (κ1) is 13.3. The van der Waals surface area contributed by atoms with Gasteiger partial charge in [0.15, 0.2) is 0 Å². The maximum atomic E-state index is 11.0. The lowest BCUT2D eigenvalue weighted by atomic mass is 9.80. The molecule has 0 aromatic carbocycles. The van der Waals surface area contributed by atoms with Crippen LogP contribution in [0.1, 0.15) is 26.2 Å². The Labute approximate surface area is 97.1 Å². The molecule has 1 rings (SSSR count). The zero-order chi connectivity index (χ0) is 11.5. The highest BCUT2D eigenvalue weighted by Crippen LogP contribution is 2.40. The van der Waals surface area contributed by atoms with E-state index in [9.17, 15) is 8.42 Å². The van der Waals surface area contributed by atoms with E-state index in [0.717, 1.165) is 19.4 Å². The maximum Gasteiger partial charge on any atom is 0.147 e. The van der Waals surface area contributed by atoms with Crippen LogP contribution < -0.4 is 0 Å². The minimum atomic E-state index is -2.85. The summed E-state index contributed by atoms with van der Waals surface area (Å²) in [6.07, 6.45) is 3.88. The Morgan fingerprint density at radius 3 is 2.60 bits per heavy atom. The van der Waals surface area contributed by atoms with Gasteiger partial charge >= 0.3 is 0 Å². The Hall–Kier alpha value is 0.200. The average molecular weight is 255 g/mol. The quantitative estimate of drug-likeness (QED) is 0.704. The van der Waals surface area contributed by atoms with Crippen molar-refractivity contribution in [3.05, 3.63) is 0 Å². The van der Waals surface area contributed by atoms with Crippen molar-refractivity contribution in [3.63, 3.8) is 0 Å². The monoisotopic (exact) mass is 254 g/mol. The molecule has 0 aliphatic carbocycles. The fourth-order valence-electron chi connectivity index (χ4n) is 2.08. The van der Waals surface area contributed by atoms with E-state index in [0.29, 0.717) is 12.3 Å². The number of ether oxygens (including phenoxy) is 1. The zero-order valence-corrected chi connectivity index (χ0v) is 10.9. The fraction of sp³-hybridized carbons (Fsp3) is 1.00. The Morgan fingerprint density at radius 1 is 1.53 bits per heavy atom. The molecule has 0 aromatic heterocycles. The molecular formula is C10H19ClO3S. The predicted octanol–water partition coefficient (Wildman–Crippen LogP) is 1.85. The van der Waals surface area contributed by atoms with E-state index in [1.165, 1.54) is 6.26 Å². The van der Waals surface area contributed by atoms with E-state index in [2.05, 4.69) is 0 Å². The molecule has 0 radical (unpaired) electrons. The van der Waals surface area contributed by atoms with E-state index in [4.69, 9.17) is 16.3 Å². The number of halogens is 1. The number of alkyl halides is 1. The third kappa shape index (κ3) is 3.61. The summed E-state index contributed by atoms with van der Waals surface area (Å²) in [4.78, 5) is 0. The van der Waals surface area contributed by atoms with Crippen LogP contribution in [0.25, 0.3) is 0 Å². The maximum absolute atomic E-state index is 11.0. The first-order chi connectivity index (χ1) is 6.90. The summed E-state index contributed by atoms with van der Waals surface area (Å²) in [6.45, 7) is 2.77. The summed E-state index contributed by atoms with van der Waals surface area (Å²) in [5.41, 5.74) is -0.00769. The Kier molecular flexibility index (Phi) is 4.44. The fourth-order valence-corrected chi connectivity index (χ4v) is 3.23. The van der Waals surface area contributed by atoms with Crippen molar-refractivity contribution in [3.8, 4) is 0 Å². The molecule has 15 heavy (non-hydrogen) atoms. The van der Waals surface area contributed by atoms with Crippen LogP contribution in [-0.4, -0.2) is 39.0 Å². The van der Waals surface area contributed by atoms with Gasteiger partial charge in [-0.2, -0.15) is 0 Å². The van der Waals surface area contributed by atoms with Crippen LogP contribution in [0.3, 0.4) is 0 Å². The third-order valence-electron chi connectivity index (χ3n) is 3.29. The SMILES string of the molecule is CC1OCCC1(CCl)CCCS(C)(=O)=O. The van der Waals surface area contributed by atoms with Gasteiger partial charge in [0.25, 0.3) is 0 Å². The summed E-state index contributed by atoms with van der Waals surface area (Å²) in [6, 6.07) is 0. The van der Waals surface area contributed by atoms with Crippen molar-refractivity contribution in [1.29, 1.82) is 0 Å². The average Bonchev–Trinajstić information content (AvgIpc) is 2.46. The Bertz CT molecular complexity index is 302. The minimum Gasteiger partial charge on any atom is -0.378 e. The standard InChI is InChI=1S/C10H19ClO3S/c1-9-10(8-11,5-6-14-9)4-3-7-15(2,12)13/h9H,3-8H2,1-2H3. The van der Waals surface area contributed by atoms with Crippen LogP contribution in [0.4, 0.5) is 0 Å². The van der Waals surface area contributed by atoms with E-state index >= 15 is 0 Å². The largest absolute Gasteiger partial charge is 0.378 e. The minimum absolute atomic E-state index is 0.00769. The Balaban J connectivity index is 2.47. The number of hydrogen-bond donors (Lipinski definition) is 0. The summed E-state index contributed by atoms with van der Waals surface area (Å²) >= 11 is 5.98. The molecule has 0 amide bonds. The zero-order valence-electron chi connectivity index (χ0n) is 9.33. The van der Waals surface area contributed by atoms with Gasteiger partial charge < -0.3 is 4.74 Å². The highest BCUT2D eigenvalue weighted by atomic mass is 35.5. The molecule has 1 fully saturated rings. The predicted molar refractivity (Wildman–Crippen MR) is 62.1 cm³/mol. The van der Waals surface area contributed by atoms with Gasteiger partial charge in [0.2, 0.25) is 0 Å². The van der Waals surface area contributed by atoms with Gasteiger partial charge in [0.05, 0.1) is 6.10 Å². The van der Waals surface area contributed by atoms with Crippen molar-refractivity contribution in [2.24, 2.45) is 5.41 Å².